The lowest BCUT2D eigenvalue weighted by Gasteiger charge is -2.23. The summed E-state index contributed by atoms with van der Waals surface area (Å²) in [7, 11) is 0. The number of para-hydroxylation sites is 1. The maximum absolute atomic E-state index is 12.9. The molecule has 0 aliphatic carbocycles. The zero-order chi connectivity index (χ0) is 20.9. The molecule has 0 unspecified atom stereocenters. The zero-order valence-electron chi connectivity index (χ0n) is 16.8. The Hall–Kier alpha value is -3.41. The smallest absolute Gasteiger partial charge is 0.408 e. The highest BCUT2D eigenvalue weighted by Gasteiger charge is 2.25. The van der Waals surface area contributed by atoms with Crippen LogP contribution < -0.4 is 10.6 Å². The third-order valence-electron chi connectivity index (χ3n) is 4.14. The first kappa shape index (κ1) is 20.3. The number of hydrogen-bond acceptors (Lipinski definition) is 4. The molecule has 6 heteroatoms. The Balaban J connectivity index is 1.77. The number of ether oxygens (including phenoxy) is 1. The summed E-state index contributed by atoms with van der Waals surface area (Å²) in [6, 6.07) is 20.0. The summed E-state index contributed by atoms with van der Waals surface area (Å²) >= 11 is 0. The minimum Gasteiger partial charge on any atom is -0.444 e. The molecule has 1 heterocycles. The van der Waals surface area contributed by atoms with Gasteiger partial charge in [-0.15, -0.1) is 0 Å². The van der Waals surface area contributed by atoms with Gasteiger partial charge in [-0.2, -0.15) is 0 Å². The topological polar surface area (TPSA) is 80.3 Å². The second kappa shape index (κ2) is 8.73. The second-order valence-corrected chi connectivity index (χ2v) is 7.77. The van der Waals surface area contributed by atoms with Gasteiger partial charge in [-0.25, -0.2) is 9.78 Å². The van der Waals surface area contributed by atoms with Gasteiger partial charge in [0.25, 0.3) is 0 Å². The summed E-state index contributed by atoms with van der Waals surface area (Å²) in [4.78, 5) is 29.7. The molecule has 0 saturated carbocycles. The van der Waals surface area contributed by atoms with Gasteiger partial charge in [-0.1, -0.05) is 48.5 Å². The van der Waals surface area contributed by atoms with Crippen LogP contribution in [-0.4, -0.2) is 28.6 Å². The molecule has 3 rings (SSSR count). The Kier molecular flexibility index (Phi) is 6.12. The Morgan fingerprint density at radius 2 is 1.66 bits per heavy atom. The molecule has 29 heavy (non-hydrogen) atoms. The molecule has 1 atom stereocenters. The number of hydrogen-bond donors (Lipinski definition) is 2. The van der Waals surface area contributed by atoms with Crippen molar-refractivity contribution in [1.82, 2.24) is 10.3 Å². The van der Waals surface area contributed by atoms with Crippen molar-refractivity contribution in [2.24, 2.45) is 0 Å². The third kappa shape index (κ3) is 6.04. The minimum absolute atomic E-state index is 0.333. The number of carbonyl (C=O) groups is 2. The summed E-state index contributed by atoms with van der Waals surface area (Å²) in [6.45, 7) is 5.33. The number of alkyl carbamates (subject to hydrolysis) is 1. The van der Waals surface area contributed by atoms with Gasteiger partial charge in [0.05, 0.1) is 5.52 Å². The summed E-state index contributed by atoms with van der Waals surface area (Å²) in [5, 5.41) is 6.46. The monoisotopic (exact) mass is 391 g/mol. The molecule has 2 amide bonds. The van der Waals surface area contributed by atoms with Gasteiger partial charge in [0, 0.05) is 11.8 Å². The van der Waals surface area contributed by atoms with Gasteiger partial charge in [0.2, 0.25) is 5.91 Å². The number of fused-ring (bicyclic) bond motifs is 1. The van der Waals surface area contributed by atoms with Crippen molar-refractivity contribution in [2.75, 3.05) is 5.32 Å². The van der Waals surface area contributed by atoms with Crippen LogP contribution in [0.3, 0.4) is 0 Å². The molecule has 2 aromatic carbocycles. The molecule has 0 saturated heterocycles. The summed E-state index contributed by atoms with van der Waals surface area (Å²) in [5.74, 6) is 0.0697. The maximum atomic E-state index is 12.9. The van der Waals surface area contributed by atoms with Crippen LogP contribution in [0.5, 0.6) is 0 Å². The average molecular weight is 391 g/mol. The first-order valence-electron chi connectivity index (χ1n) is 9.50. The molecule has 0 bridgehead atoms. The summed E-state index contributed by atoms with van der Waals surface area (Å²) < 4.78 is 5.32. The number of rotatable bonds is 5. The van der Waals surface area contributed by atoms with Crippen LogP contribution in [0.1, 0.15) is 26.3 Å². The predicted molar refractivity (Wildman–Crippen MR) is 114 cm³/mol. The van der Waals surface area contributed by atoms with Crippen molar-refractivity contribution in [2.45, 2.75) is 38.8 Å². The fourth-order valence-electron chi connectivity index (χ4n) is 2.86. The van der Waals surface area contributed by atoms with Gasteiger partial charge in [-0.05, 0) is 44.5 Å². The fourth-order valence-corrected chi connectivity index (χ4v) is 2.86. The lowest BCUT2D eigenvalue weighted by Crippen LogP contribution is -2.47. The van der Waals surface area contributed by atoms with E-state index in [4.69, 9.17) is 4.74 Å². The van der Waals surface area contributed by atoms with Crippen LogP contribution in [0.15, 0.2) is 66.7 Å². The summed E-state index contributed by atoms with van der Waals surface area (Å²) in [6.07, 6.45) is -0.306. The van der Waals surface area contributed by atoms with E-state index in [0.29, 0.717) is 12.2 Å². The Morgan fingerprint density at radius 1 is 0.966 bits per heavy atom. The molecular formula is C23H25N3O3. The number of carbonyl (C=O) groups excluding carboxylic acids is 2. The van der Waals surface area contributed by atoms with E-state index in [9.17, 15) is 9.59 Å². The Labute approximate surface area is 170 Å². The van der Waals surface area contributed by atoms with Crippen molar-refractivity contribution in [3.05, 3.63) is 72.3 Å². The molecule has 0 fully saturated rings. The van der Waals surface area contributed by atoms with Crippen LogP contribution in [0.4, 0.5) is 10.6 Å². The lowest BCUT2D eigenvalue weighted by atomic mass is 10.1. The van der Waals surface area contributed by atoms with Crippen molar-refractivity contribution in [1.29, 1.82) is 0 Å². The van der Waals surface area contributed by atoms with Crippen molar-refractivity contribution in [3.8, 4) is 0 Å². The minimum atomic E-state index is -0.805. The number of nitrogens with one attached hydrogen (secondary N) is 2. The maximum Gasteiger partial charge on any atom is 0.408 e. The van der Waals surface area contributed by atoms with E-state index in [1.54, 1.807) is 26.8 Å². The first-order valence-corrected chi connectivity index (χ1v) is 9.50. The van der Waals surface area contributed by atoms with Gasteiger partial charge < -0.3 is 15.4 Å². The van der Waals surface area contributed by atoms with E-state index < -0.39 is 17.7 Å². The largest absolute Gasteiger partial charge is 0.444 e. The number of anilines is 1. The number of pyridine rings is 1. The van der Waals surface area contributed by atoms with Gasteiger partial charge in [0.1, 0.15) is 17.5 Å². The first-order chi connectivity index (χ1) is 13.8. The van der Waals surface area contributed by atoms with Crippen molar-refractivity contribution < 1.29 is 14.3 Å². The number of nitrogens with zero attached hydrogens (tertiary/aromatic N) is 1. The highest BCUT2D eigenvalue weighted by Crippen LogP contribution is 2.15. The molecule has 0 radical (unpaired) electrons. The predicted octanol–water partition coefficient (Wildman–Crippen LogP) is 4.31. The van der Waals surface area contributed by atoms with E-state index in [1.807, 2.05) is 60.7 Å². The molecule has 6 nitrogen and oxygen atoms in total. The van der Waals surface area contributed by atoms with Gasteiger partial charge >= 0.3 is 6.09 Å². The third-order valence-corrected chi connectivity index (χ3v) is 4.14. The average Bonchev–Trinajstić information content (AvgIpc) is 2.66. The molecule has 150 valence electrons. The highest BCUT2D eigenvalue weighted by molar-refractivity contribution is 5.97. The zero-order valence-corrected chi connectivity index (χ0v) is 16.8. The second-order valence-electron chi connectivity index (χ2n) is 7.77. The number of amides is 2. The fraction of sp³-hybridized carbons (Fsp3) is 0.261. The van der Waals surface area contributed by atoms with Crippen LogP contribution in [0.2, 0.25) is 0 Å². The van der Waals surface area contributed by atoms with E-state index in [2.05, 4.69) is 15.6 Å². The van der Waals surface area contributed by atoms with Crippen LogP contribution in [-0.2, 0) is 16.0 Å². The van der Waals surface area contributed by atoms with Crippen LogP contribution in [0.25, 0.3) is 10.9 Å². The SMILES string of the molecule is CC(C)(C)OC(=O)N[C@H](Cc1ccccc1)C(=O)Nc1ccc2ccccc2n1. The summed E-state index contributed by atoms with van der Waals surface area (Å²) in [5.41, 5.74) is 1.05. The van der Waals surface area contributed by atoms with Crippen molar-refractivity contribution >= 4 is 28.7 Å². The molecule has 0 aliphatic rings. The molecule has 0 aliphatic heterocycles. The molecular weight excluding hydrogens is 366 g/mol. The molecule has 0 spiro atoms. The van der Waals surface area contributed by atoms with E-state index in [0.717, 1.165) is 16.5 Å². The number of aromatic nitrogens is 1. The molecule has 1 aromatic heterocycles. The highest BCUT2D eigenvalue weighted by atomic mass is 16.6. The van der Waals surface area contributed by atoms with E-state index in [1.165, 1.54) is 0 Å². The van der Waals surface area contributed by atoms with Gasteiger partial charge in [-0.3, -0.25) is 4.79 Å². The van der Waals surface area contributed by atoms with Crippen LogP contribution in [0, 0.1) is 0 Å². The van der Waals surface area contributed by atoms with Crippen LogP contribution >= 0.6 is 0 Å². The van der Waals surface area contributed by atoms with Gasteiger partial charge in [0.15, 0.2) is 0 Å². The normalized spacial score (nSPS) is 12.2. The van der Waals surface area contributed by atoms with E-state index in [-0.39, 0.29) is 5.91 Å². The molecule has 2 N–H and O–H groups in total. The molecule has 3 aromatic rings. The van der Waals surface area contributed by atoms with Crippen molar-refractivity contribution in [3.63, 3.8) is 0 Å². The Bertz CT molecular complexity index is 997. The quantitative estimate of drug-likeness (QED) is 0.679. The lowest BCUT2D eigenvalue weighted by molar-refractivity contribution is -0.118. The number of benzene rings is 2. The van der Waals surface area contributed by atoms with E-state index >= 15 is 0 Å². The Morgan fingerprint density at radius 3 is 2.38 bits per heavy atom. The standard InChI is InChI=1S/C23H25N3O3/c1-23(2,3)29-22(28)25-19(15-16-9-5-4-6-10-16)21(27)26-20-14-13-17-11-7-8-12-18(17)24-20/h4-14,19H,15H2,1-3H3,(H,25,28)(H,24,26,27)/t19-/m1/s1.